The zero-order valence-electron chi connectivity index (χ0n) is 15.9. The lowest BCUT2D eigenvalue weighted by atomic mass is 10.1. The first-order valence-corrected chi connectivity index (χ1v) is 10.8. The van der Waals surface area contributed by atoms with Gasteiger partial charge in [-0.1, -0.05) is 23.4 Å². The van der Waals surface area contributed by atoms with E-state index >= 15 is 0 Å². The predicted molar refractivity (Wildman–Crippen MR) is 112 cm³/mol. The molecule has 4 aromatic rings. The topological polar surface area (TPSA) is 142 Å². The van der Waals surface area contributed by atoms with E-state index in [1.807, 2.05) is 0 Å². The Morgan fingerprint density at radius 3 is 2.90 bits per heavy atom. The van der Waals surface area contributed by atoms with Gasteiger partial charge < -0.3 is 14.1 Å². The van der Waals surface area contributed by atoms with Crippen molar-refractivity contribution < 1.29 is 14.1 Å². The fourth-order valence-corrected chi connectivity index (χ4v) is 4.42. The maximum Gasteiger partial charge on any atom is 0.291 e. The largest absolute Gasteiger partial charge is 0.440 e. The lowest BCUT2D eigenvalue weighted by Crippen LogP contribution is -2.21. The third kappa shape index (κ3) is 3.77. The summed E-state index contributed by atoms with van der Waals surface area (Å²) in [5.74, 6) is 0.595. The second-order valence-electron chi connectivity index (χ2n) is 6.97. The molecule has 1 saturated heterocycles. The molecule has 0 unspecified atom stereocenters. The first-order valence-electron chi connectivity index (χ1n) is 9.41. The molecule has 11 nitrogen and oxygen atoms in total. The van der Waals surface area contributed by atoms with E-state index in [4.69, 9.17) is 20.8 Å². The molecule has 1 aromatic carbocycles. The Labute approximate surface area is 182 Å². The first-order chi connectivity index (χ1) is 15.0. The minimum atomic E-state index is -0.579. The van der Waals surface area contributed by atoms with Crippen molar-refractivity contribution in [3.63, 3.8) is 0 Å². The molecule has 5 rings (SSSR count). The van der Waals surface area contributed by atoms with Crippen LogP contribution in [0.5, 0.6) is 0 Å². The maximum atomic E-state index is 12.5. The molecule has 0 atom stereocenters. The van der Waals surface area contributed by atoms with Crippen LogP contribution >= 0.6 is 23.4 Å². The number of oxazole rings is 1. The van der Waals surface area contributed by atoms with E-state index in [1.165, 1.54) is 30.1 Å². The standard InChI is InChI=1S/C18H15ClN6O5S/c19-11-5-12-14(6-13(11)25(27)28)30-15(21-12)8-31-18-22-16-10(17(26)23-18)7-20-24(16)9-1-3-29-4-2-9/h5-7,9H,1-4,8H2,(H,22,23,26). The Balaban J connectivity index is 1.41. The summed E-state index contributed by atoms with van der Waals surface area (Å²) in [6.07, 6.45) is 3.15. The Bertz CT molecular complexity index is 1360. The van der Waals surface area contributed by atoms with Gasteiger partial charge in [-0.25, -0.2) is 14.6 Å². The highest BCUT2D eigenvalue weighted by Gasteiger charge is 2.21. The van der Waals surface area contributed by atoms with Gasteiger partial charge in [0.15, 0.2) is 16.4 Å². The third-order valence-electron chi connectivity index (χ3n) is 5.01. The summed E-state index contributed by atoms with van der Waals surface area (Å²) in [4.78, 5) is 34.6. The number of ether oxygens (including phenoxy) is 1. The number of aromatic nitrogens is 5. The van der Waals surface area contributed by atoms with Crippen LogP contribution in [-0.2, 0) is 10.5 Å². The Hall–Kier alpha value is -2.96. The van der Waals surface area contributed by atoms with Crippen LogP contribution in [0.3, 0.4) is 0 Å². The summed E-state index contributed by atoms with van der Waals surface area (Å²) in [5.41, 5.74) is 0.688. The molecule has 160 valence electrons. The number of thioether (sulfide) groups is 1. The van der Waals surface area contributed by atoms with E-state index in [-0.39, 0.29) is 33.6 Å². The molecule has 1 fully saturated rings. The number of hydrogen-bond acceptors (Lipinski definition) is 9. The zero-order valence-corrected chi connectivity index (χ0v) is 17.5. The summed E-state index contributed by atoms with van der Waals surface area (Å²) >= 11 is 7.16. The number of halogens is 1. The van der Waals surface area contributed by atoms with Gasteiger partial charge in [0.25, 0.3) is 11.2 Å². The number of nitro benzene ring substituents is 1. The van der Waals surface area contributed by atoms with Crippen molar-refractivity contribution in [2.45, 2.75) is 29.8 Å². The number of aromatic amines is 1. The predicted octanol–water partition coefficient (Wildman–Crippen LogP) is 3.47. The normalized spacial score (nSPS) is 15.1. The fraction of sp³-hybridized carbons (Fsp3) is 0.333. The van der Waals surface area contributed by atoms with E-state index < -0.39 is 4.92 Å². The van der Waals surface area contributed by atoms with E-state index in [9.17, 15) is 14.9 Å². The number of nitrogens with zero attached hydrogens (tertiary/aromatic N) is 5. The van der Waals surface area contributed by atoms with E-state index in [0.29, 0.717) is 40.8 Å². The molecule has 0 amide bonds. The SMILES string of the molecule is O=c1[nH]c(SCc2nc3cc(Cl)c([N+](=O)[O-])cc3o2)nc2c1cnn2C1CCOCC1. The van der Waals surface area contributed by atoms with Crippen LogP contribution in [0.4, 0.5) is 5.69 Å². The van der Waals surface area contributed by atoms with E-state index in [1.54, 1.807) is 4.68 Å². The van der Waals surface area contributed by atoms with Gasteiger partial charge in [0.2, 0.25) is 5.89 Å². The van der Waals surface area contributed by atoms with Crippen LogP contribution in [-0.4, -0.2) is 42.9 Å². The zero-order chi connectivity index (χ0) is 21.5. The highest BCUT2D eigenvalue weighted by molar-refractivity contribution is 7.98. The molecule has 1 aliphatic rings. The summed E-state index contributed by atoms with van der Waals surface area (Å²) in [6, 6.07) is 2.78. The van der Waals surface area contributed by atoms with E-state index in [2.05, 4.69) is 20.1 Å². The van der Waals surface area contributed by atoms with Gasteiger partial charge in [-0.05, 0) is 18.9 Å². The number of benzene rings is 1. The average molecular weight is 463 g/mol. The van der Waals surface area contributed by atoms with Gasteiger partial charge in [-0.2, -0.15) is 5.10 Å². The molecular formula is C18H15ClN6O5S. The van der Waals surface area contributed by atoms with E-state index in [0.717, 1.165) is 12.8 Å². The Morgan fingerprint density at radius 1 is 1.32 bits per heavy atom. The van der Waals surface area contributed by atoms with Gasteiger partial charge >= 0.3 is 0 Å². The number of nitro groups is 1. The molecule has 31 heavy (non-hydrogen) atoms. The van der Waals surface area contributed by atoms with Gasteiger partial charge in [-0.3, -0.25) is 14.9 Å². The molecule has 0 aliphatic carbocycles. The minimum absolute atomic E-state index is 0.0113. The molecule has 4 heterocycles. The second-order valence-corrected chi connectivity index (χ2v) is 8.34. The maximum absolute atomic E-state index is 12.5. The van der Waals surface area contributed by atoms with Crippen LogP contribution in [0.15, 0.2) is 32.7 Å². The van der Waals surface area contributed by atoms with Gasteiger partial charge in [0.05, 0.1) is 29.0 Å². The minimum Gasteiger partial charge on any atom is -0.440 e. The number of nitrogens with one attached hydrogen (secondary N) is 1. The van der Waals surface area contributed by atoms with Crippen molar-refractivity contribution in [2.75, 3.05) is 13.2 Å². The molecular weight excluding hydrogens is 448 g/mol. The van der Waals surface area contributed by atoms with Crippen LogP contribution < -0.4 is 5.56 Å². The van der Waals surface area contributed by atoms with Crippen LogP contribution in [0, 0.1) is 10.1 Å². The van der Waals surface area contributed by atoms with Crippen LogP contribution in [0.1, 0.15) is 24.8 Å². The third-order valence-corrected chi connectivity index (χ3v) is 6.17. The monoisotopic (exact) mass is 462 g/mol. The average Bonchev–Trinajstić information content (AvgIpc) is 3.36. The van der Waals surface area contributed by atoms with Crippen LogP contribution in [0.2, 0.25) is 5.02 Å². The highest BCUT2D eigenvalue weighted by atomic mass is 35.5. The lowest BCUT2D eigenvalue weighted by Gasteiger charge is -2.22. The first kappa shape index (κ1) is 20.0. The quantitative estimate of drug-likeness (QED) is 0.204. The lowest BCUT2D eigenvalue weighted by molar-refractivity contribution is -0.384. The second kappa shape index (κ2) is 7.94. The van der Waals surface area contributed by atoms with Gasteiger partial charge in [-0.15, -0.1) is 0 Å². The summed E-state index contributed by atoms with van der Waals surface area (Å²) in [6.45, 7) is 1.30. The molecule has 1 N–H and O–H groups in total. The van der Waals surface area contributed by atoms with Crippen molar-refractivity contribution in [3.8, 4) is 0 Å². The Morgan fingerprint density at radius 2 is 2.13 bits per heavy atom. The number of fused-ring (bicyclic) bond motifs is 2. The molecule has 13 heteroatoms. The number of rotatable bonds is 5. The summed E-state index contributed by atoms with van der Waals surface area (Å²) in [5, 5.41) is 16.2. The number of H-pyrrole nitrogens is 1. The highest BCUT2D eigenvalue weighted by Crippen LogP contribution is 2.31. The van der Waals surface area contributed by atoms with Crippen molar-refractivity contribution in [1.29, 1.82) is 0 Å². The molecule has 0 spiro atoms. The summed E-state index contributed by atoms with van der Waals surface area (Å²) < 4.78 is 12.8. The molecule has 1 aliphatic heterocycles. The molecule has 3 aromatic heterocycles. The van der Waals surface area contributed by atoms with Crippen LogP contribution in [0.25, 0.3) is 22.1 Å². The van der Waals surface area contributed by atoms with Crippen molar-refractivity contribution >= 4 is 51.2 Å². The van der Waals surface area contributed by atoms with Gasteiger partial charge in [0, 0.05) is 13.2 Å². The number of hydrogen-bond donors (Lipinski definition) is 1. The molecule has 0 radical (unpaired) electrons. The van der Waals surface area contributed by atoms with Crippen molar-refractivity contribution in [2.24, 2.45) is 0 Å². The van der Waals surface area contributed by atoms with Crippen molar-refractivity contribution in [1.82, 2.24) is 24.7 Å². The molecule has 0 bridgehead atoms. The van der Waals surface area contributed by atoms with Crippen molar-refractivity contribution in [3.05, 3.63) is 49.7 Å². The smallest absolute Gasteiger partial charge is 0.291 e. The van der Waals surface area contributed by atoms with Gasteiger partial charge in [0.1, 0.15) is 15.9 Å². The molecule has 0 saturated carbocycles. The Kier molecular flexibility index (Phi) is 5.12. The summed E-state index contributed by atoms with van der Waals surface area (Å²) in [7, 11) is 0. The fourth-order valence-electron chi connectivity index (χ4n) is 3.50.